The van der Waals surface area contributed by atoms with Gasteiger partial charge in [-0.3, -0.25) is 0 Å². The Morgan fingerprint density at radius 2 is 2.22 bits per heavy atom. The lowest BCUT2D eigenvalue weighted by Crippen LogP contribution is -2.47. The third-order valence-electron chi connectivity index (χ3n) is 3.35. The number of nitrogens with zero attached hydrogens (tertiary/aromatic N) is 1. The molecule has 1 aliphatic rings. The van der Waals surface area contributed by atoms with E-state index in [1.54, 1.807) is 31.0 Å². The standard InChI is InChI=1S/C11H19N3O3S/c1-14-7-11(5-9(14)6-12)18(15,16)13-8-3-10(4-8)17-2/h5,7-8,10,13H,3-4,6,12H2,1-2H3. The van der Waals surface area contributed by atoms with Crippen molar-refractivity contribution in [1.29, 1.82) is 0 Å². The van der Waals surface area contributed by atoms with Crippen molar-refractivity contribution >= 4 is 10.0 Å². The zero-order valence-electron chi connectivity index (χ0n) is 10.6. The predicted octanol–water partition coefficient (Wildman–Crippen LogP) is -0.0605. The molecule has 0 amide bonds. The van der Waals surface area contributed by atoms with Gasteiger partial charge in [0.15, 0.2) is 0 Å². The largest absolute Gasteiger partial charge is 0.381 e. The molecule has 7 heteroatoms. The van der Waals surface area contributed by atoms with E-state index < -0.39 is 10.0 Å². The summed E-state index contributed by atoms with van der Waals surface area (Å²) < 4.78 is 33.7. The molecule has 0 aliphatic heterocycles. The highest BCUT2D eigenvalue weighted by atomic mass is 32.2. The molecule has 0 radical (unpaired) electrons. The van der Waals surface area contributed by atoms with Crippen LogP contribution in [0.15, 0.2) is 17.2 Å². The molecule has 0 bridgehead atoms. The van der Waals surface area contributed by atoms with Crippen LogP contribution in [-0.2, 0) is 28.4 Å². The number of nitrogens with one attached hydrogen (secondary N) is 1. The summed E-state index contributed by atoms with van der Waals surface area (Å²) >= 11 is 0. The van der Waals surface area contributed by atoms with Crippen LogP contribution in [0.2, 0.25) is 0 Å². The van der Waals surface area contributed by atoms with E-state index in [2.05, 4.69) is 4.72 Å². The predicted molar refractivity (Wildman–Crippen MR) is 67.4 cm³/mol. The summed E-state index contributed by atoms with van der Waals surface area (Å²) in [6.45, 7) is 0.321. The zero-order chi connectivity index (χ0) is 13.3. The molecule has 2 rings (SSSR count). The summed E-state index contributed by atoms with van der Waals surface area (Å²) in [6, 6.07) is 1.58. The van der Waals surface area contributed by atoms with Crippen molar-refractivity contribution in [2.24, 2.45) is 12.8 Å². The van der Waals surface area contributed by atoms with Gasteiger partial charge in [0.25, 0.3) is 0 Å². The minimum Gasteiger partial charge on any atom is -0.381 e. The van der Waals surface area contributed by atoms with E-state index in [4.69, 9.17) is 10.5 Å². The van der Waals surface area contributed by atoms with Crippen molar-refractivity contribution in [2.45, 2.75) is 36.4 Å². The van der Waals surface area contributed by atoms with Crippen molar-refractivity contribution in [3.05, 3.63) is 18.0 Å². The first-order valence-corrected chi connectivity index (χ1v) is 7.35. The summed E-state index contributed by atoms with van der Waals surface area (Å²) in [4.78, 5) is 0.270. The van der Waals surface area contributed by atoms with Crippen molar-refractivity contribution in [3.8, 4) is 0 Å². The highest BCUT2D eigenvalue weighted by Crippen LogP contribution is 2.24. The molecule has 1 aromatic rings. The Labute approximate surface area is 107 Å². The van der Waals surface area contributed by atoms with Gasteiger partial charge < -0.3 is 15.0 Å². The van der Waals surface area contributed by atoms with Gasteiger partial charge in [0.1, 0.15) is 0 Å². The maximum atomic E-state index is 12.1. The number of sulfonamides is 1. The summed E-state index contributed by atoms with van der Waals surface area (Å²) in [5.74, 6) is 0. The fourth-order valence-electron chi connectivity index (χ4n) is 2.07. The SMILES string of the molecule is COC1CC(NS(=O)(=O)c2cc(CN)n(C)c2)C1. The van der Waals surface area contributed by atoms with Crippen LogP contribution in [0.1, 0.15) is 18.5 Å². The smallest absolute Gasteiger partial charge is 0.242 e. The number of hydrogen-bond donors (Lipinski definition) is 2. The Bertz CT molecular complexity index is 518. The molecule has 0 spiro atoms. The van der Waals surface area contributed by atoms with Crippen LogP contribution in [0.4, 0.5) is 0 Å². The molecular weight excluding hydrogens is 254 g/mol. The molecule has 1 fully saturated rings. The first-order chi connectivity index (χ1) is 8.46. The maximum Gasteiger partial charge on any atom is 0.242 e. The van der Waals surface area contributed by atoms with Crippen molar-refractivity contribution in [3.63, 3.8) is 0 Å². The van der Waals surface area contributed by atoms with E-state index in [9.17, 15) is 8.42 Å². The molecule has 1 aliphatic carbocycles. The van der Waals surface area contributed by atoms with Crippen LogP contribution in [0.5, 0.6) is 0 Å². The summed E-state index contributed by atoms with van der Waals surface area (Å²) in [7, 11) is -0.0235. The van der Waals surface area contributed by atoms with E-state index in [0.29, 0.717) is 6.54 Å². The monoisotopic (exact) mass is 273 g/mol. The van der Waals surface area contributed by atoms with Crippen molar-refractivity contribution in [2.75, 3.05) is 7.11 Å². The lowest BCUT2D eigenvalue weighted by Gasteiger charge is -2.34. The maximum absolute atomic E-state index is 12.1. The highest BCUT2D eigenvalue weighted by Gasteiger charge is 2.33. The van der Waals surface area contributed by atoms with Gasteiger partial charge in [-0.1, -0.05) is 0 Å². The first kappa shape index (κ1) is 13.5. The fourth-order valence-corrected chi connectivity index (χ4v) is 3.42. The Kier molecular flexibility index (Phi) is 3.76. The van der Waals surface area contributed by atoms with Crippen LogP contribution in [0.3, 0.4) is 0 Å². The molecule has 0 aromatic carbocycles. The molecular formula is C11H19N3O3S. The van der Waals surface area contributed by atoms with Gasteiger partial charge >= 0.3 is 0 Å². The van der Waals surface area contributed by atoms with Gasteiger partial charge in [0.05, 0.1) is 11.0 Å². The molecule has 0 unspecified atom stereocenters. The average Bonchev–Trinajstić information content (AvgIpc) is 2.65. The second-order valence-electron chi connectivity index (χ2n) is 4.63. The number of rotatable bonds is 5. The summed E-state index contributed by atoms with van der Waals surface area (Å²) in [5, 5.41) is 0. The summed E-state index contributed by atoms with van der Waals surface area (Å²) in [5.41, 5.74) is 6.32. The Morgan fingerprint density at radius 3 is 2.72 bits per heavy atom. The molecule has 102 valence electrons. The van der Waals surface area contributed by atoms with Crippen LogP contribution < -0.4 is 10.5 Å². The molecule has 1 aromatic heterocycles. The topological polar surface area (TPSA) is 86.3 Å². The van der Waals surface area contributed by atoms with Gasteiger partial charge in [-0.05, 0) is 18.9 Å². The lowest BCUT2D eigenvalue weighted by molar-refractivity contribution is 0.0236. The molecule has 1 heterocycles. The number of aromatic nitrogens is 1. The fraction of sp³-hybridized carbons (Fsp3) is 0.636. The van der Waals surface area contributed by atoms with Gasteiger partial charge in [-0.15, -0.1) is 0 Å². The Balaban J connectivity index is 2.06. The highest BCUT2D eigenvalue weighted by molar-refractivity contribution is 7.89. The number of nitrogens with two attached hydrogens (primary N) is 1. The molecule has 18 heavy (non-hydrogen) atoms. The van der Waals surface area contributed by atoms with Crippen LogP contribution in [-0.4, -0.2) is 32.2 Å². The van der Waals surface area contributed by atoms with Gasteiger partial charge in [0, 0.05) is 38.6 Å². The van der Waals surface area contributed by atoms with Crippen molar-refractivity contribution in [1.82, 2.24) is 9.29 Å². The molecule has 0 saturated heterocycles. The normalized spacial score (nSPS) is 23.9. The van der Waals surface area contributed by atoms with Crippen LogP contribution in [0.25, 0.3) is 0 Å². The second-order valence-corrected chi connectivity index (χ2v) is 6.34. The molecule has 3 N–H and O–H groups in total. The van der Waals surface area contributed by atoms with Gasteiger partial charge in [0.2, 0.25) is 10.0 Å². The number of ether oxygens (including phenoxy) is 1. The Morgan fingerprint density at radius 1 is 1.56 bits per heavy atom. The average molecular weight is 273 g/mol. The van der Waals surface area contributed by atoms with E-state index in [0.717, 1.165) is 18.5 Å². The quantitative estimate of drug-likeness (QED) is 0.787. The number of methoxy groups -OCH3 is 1. The second kappa shape index (κ2) is 5.00. The third-order valence-corrected chi connectivity index (χ3v) is 4.84. The zero-order valence-corrected chi connectivity index (χ0v) is 11.4. The lowest BCUT2D eigenvalue weighted by atomic mass is 9.90. The third kappa shape index (κ3) is 2.59. The molecule has 0 atom stereocenters. The number of hydrogen-bond acceptors (Lipinski definition) is 4. The van der Waals surface area contributed by atoms with Crippen LogP contribution >= 0.6 is 0 Å². The molecule has 1 saturated carbocycles. The van der Waals surface area contributed by atoms with E-state index >= 15 is 0 Å². The summed E-state index contributed by atoms with van der Waals surface area (Å²) in [6.07, 6.45) is 3.21. The minimum absolute atomic E-state index is 0.0264. The molecule has 6 nitrogen and oxygen atoms in total. The number of aryl methyl sites for hydroxylation is 1. The van der Waals surface area contributed by atoms with E-state index in [1.807, 2.05) is 0 Å². The van der Waals surface area contributed by atoms with Crippen LogP contribution in [0, 0.1) is 0 Å². The van der Waals surface area contributed by atoms with E-state index in [1.165, 1.54) is 0 Å². The first-order valence-electron chi connectivity index (χ1n) is 5.86. The van der Waals surface area contributed by atoms with Gasteiger partial charge in [-0.25, -0.2) is 13.1 Å². The minimum atomic E-state index is -3.45. The van der Waals surface area contributed by atoms with Gasteiger partial charge in [-0.2, -0.15) is 0 Å². The van der Waals surface area contributed by atoms with Crippen molar-refractivity contribution < 1.29 is 13.2 Å². The Hall–Kier alpha value is -0.890. The van der Waals surface area contributed by atoms with E-state index in [-0.39, 0.29) is 17.0 Å².